The molecule has 0 fully saturated rings. The van der Waals surface area contributed by atoms with Crippen molar-refractivity contribution in [3.05, 3.63) is 29.8 Å². The van der Waals surface area contributed by atoms with E-state index in [1.807, 2.05) is 19.1 Å². The number of ketones is 1. The number of anilines is 1. The van der Waals surface area contributed by atoms with E-state index in [1.165, 1.54) is 0 Å². The smallest absolute Gasteiger partial charge is 0.389 e. The Labute approximate surface area is 110 Å². The van der Waals surface area contributed by atoms with Crippen LogP contribution in [0.2, 0.25) is 0 Å². The van der Waals surface area contributed by atoms with Gasteiger partial charge in [-0.3, -0.25) is 4.79 Å². The maximum absolute atomic E-state index is 11.9. The van der Waals surface area contributed by atoms with Gasteiger partial charge in [-0.05, 0) is 30.0 Å². The fraction of sp³-hybridized carbons (Fsp3) is 0.500. The minimum absolute atomic E-state index is 0.000938. The summed E-state index contributed by atoms with van der Waals surface area (Å²) in [5.41, 5.74) is 7.18. The third kappa shape index (κ3) is 6.27. The minimum Gasteiger partial charge on any atom is -0.399 e. The maximum Gasteiger partial charge on any atom is 0.389 e. The molecule has 0 amide bonds. The van der Waals surface area contributed by atoms with Gasteiger partial charge in [0.15, 0.2) is 0 Å². The zero-order valence-electron chi connectivity index (χ0n) is 10.8. The lowest BCUT2D eigenvalue weighted by Gasteiger charge is -2.11. The molecule has 2 N–H and O–H groups in total. The molecular weight excluding hydrogens is 255 g/mol. The molecule has 19 heavy (non-hydrogen) atoms. The molecular formula is C14H18F3NO. The van der Waals surface area contributed by atoms with Crippen LogP contribution in [0.4, 0.5) is 18.9 Å². The Morgan fingerprint density at radius 2 is 1.84 bits per heavy atom. The molecule has 0 radical (unpaired) electrons. The van der Waals surface area contributed by atoms with Gasteiger partial charge in [-0.2, -0.15) is 13.2 Å². The number of alkyl halides is 3. The Hall–Kier alpha value is -1.52. The van der Waals surface area contributed by atoms with Crippen molar-refractivity contribution in [2.45, 2.75) is 44.7 Å². The Balaban J connectivity index is 2.38. The summed E-state index contributed by atoms with van der Waals surface area (Å²) in [4.78, 5) is 11.6. The van der Waals surface area contributed by atoms with Gasteiger partial charge in [-0.25, -0.2) is 0 Å². The summed E-state index contributed by atoms with van der Waals surface area (Å²) < 4.78 is 35.8. The second-order valence-corrected chi connectivity index (χ2v) is 4.78. The average Bonchev–Trinajstić information content (AvgIpc) is 2.27. The number of hydrogen-bond acceptors (Lipinski definition) is 2. The molecule has 1 aromatic rings. The van der Waals surface area contributed by atoms with Crippen LogP contribution in [0, 0.1) is 0 Å². The molecule has 1 unspecified atom stereocenters. The van der Waals surface area contributed by atoms with E-state index < -0.39 is 12.6 Å². The van der Waals surface area contributed by atoms with E-state index in [0.29, 0.717) is 5.69 Å². The third-order valence-corrected chi connectivity index (χ3v) is 2.96. The highest BCUT2D eigenvalue weighted by molar-refractivity contribution is 5.79. The number of carbonyl (C=O) groups is 1. The molecule has 0 aliphatic carbocycles. The molecule has 0 spiro atoms. The standard InChI is InChI=1S/C14H18F3NO/c1-10(11-4-6-12(18)7-5-11)9-13(19)3-2-8-14(15,16)17/h4-7,10H,2-3,8-9,18H2,1H3. The average molecular weight is 273 g/mol. The van der Waals surface area contributed by atoms with Crippen molar-refractivity contribution in [3.8, 4) is 0 Å². The van der Waals surface area contributed by atoms with Crippen molar-refractivity contribution < 1.29 is 18.0 Å². The summed E-state index contributed by atoms with van der Waals surface area (Å²) in [6.07, 6.45) is -4.95. The molecule has 5 heteroatoms. The molecule has 1 aromatic carbocycles. The summed E-state index contributed by atoms with van der Waals surface area (Å²) in [7, 11) is 0. The predicted molar refractivity (Wildman–Crippen MR) is 68.8 cm³/mol. The van der Waals surface area contributed by atoms with Gasteiger partial charge in [0, 0.05) is 24.9 Å². The van der Waals surface area contributed by atoms with Crippen LogP contribution in [-0.4, -0.2) is 12.0 Å². The second kappa shape index (κ2) is 6.59. The highest BCUT2D eigenvalue weighted by Gasteiger charge is 2.26. The number of nitrogen functional groups attached to an aromatic ring is 1. The number of carbonyl (C=O) groups excluding carboxylic acids is 1. The molecule has 0 saturated carbocycles. The first-order chi connectivity index (χ1) is 8.78. The summed E-state index contributed by atoms with van der Waals surface area (Å²) >= 11 is 0. The van der Waals surface area contributed by atoms with Gasteiger partial charge in [0.05, 0.1) is 0 Å². The number of benzene rings is 1. The van der Waals surface area contributed by atoms with E-state index in [2.05, 4.69) is 0 Å². The number of rotatable bonds is 6. The van der Waals surface area contributed by atoms with Crippen molar-refractivity contribution in [3.63, 3.8) is 0 Å². The lowest BCUT2D eigenvalue weighted by Crippen LogP contribution is -2.09. The van der Waals surface area contributed by atoms with Crippen LogP contribution in [-0.2, 0) is 4.79 Å². The van der Waals surface area contributed by atoms with Crippen molar-refractivity contribution >= 4 is 11.5 Å². The van der Waals surface area contributed by atoms with Crippen LogP contribution >= 0.6 is 0 Å². The number of halogens is 3. The van der Waals surface area contributed by atoms with E-state index in [1.54, 1.807) is 12.1 Å². The van der Waals surface area contributed by atoms with Crippen molar-refractivity contribution in [2.75, 3.05) is 5.73 Å². The lowest BCUT2D eigenvalue weighted by atomic mass is 9.94. The zero-order valence-corrected chi connectivity index (χ0v) is 10.8. The number of Topliss-reactive ketones (excluding diaryl/α,β-unsaturated/α-hetero) is 1. The van der Waals surface area contributed by atoms with E-state index in [0.717, 1.165) is 5.56 Å². The Morgan fingerprint density at radius 3 is 2.37 bits per heavy atom. The minimum atomic E-state index is -4.18. The fourth-order valence-electron chi connectivity index (χ4n) is 1.87. The van der Waals surface area contributed by atoms with Crippen LogP contribution in [0.3, 0.4) is 0 Å². The molecule has 1 rings (SSSR count). The highest BCUT2D eigenvalue weighted by Crippen LogP contribution is 2.24. The molecule has 2 nitrogen and oxygen atoms in total. The van der Waals surface area contributed by atoms with Gasteiger partial charge in [-0.15, -0.1) is 0 Å². The molecule has 0 saturated heterocycles. The first-order valence-corrected chi connectivity index (χ1v) is 6.22. The first kappa shape index (κ1) is 15.5. The van der Waals surface area contributed by atoms with E-state index in [4.69, 9.17) is 5.73 Å². The number of nitrogens with two attached hydrogens (primary N) is 1. The fourth-order valence-corrected chi connectivity index (χ4v) is 1.87. The second-order valence-electron chi connectivity index (χ2n) is 4.78. The van der Waals surface area contributed by atoms with Crippen LogP contribution in [0.5, 0.6) is 0 Å². The Morgan fingerprint density at radius 1 is 1.26 bits per heavy atom. The van der Waals surface area contributed by atoms with Gasteiger partial charge >= 0.3 is 6.18 Å². The van der Waals surface area contributed by atoms with Crippen LogP contribution in [0.25, 0.3) is 0 Å². The zero-order chi connectivity index (χ0) is 14.5. The van der Waals surface area contributed by atoms with Gasteiger partial charge in [0.1, 0.15) is 5.78 Å². The van der Waals surface area contributed by atoms with E-state index in [9.17, 15) is 18.0 Å². The van der Waals surface area contributed by atoms with E-state index in [-0.39, 0.29) is 31.0 Å². The molecule has 0 aliphatic heterocycles. The SMILES string of the molecule is CC(CC(=O)CCCC(F)(F)F)c1ccc(N)cc1. The number of hydrogen-bond donors (Lipinski definition) is 1. The Bertz CT molecular complexity index is 412. The maximum atomic E-state index is 11.9. The molecule has 1 atom stereocenters. The van der Waals surface area contributed by atoms with Crippen molar-refractivity contribution in [1.82, 2.24) is 0 Å². The molecule has 0 heterocycles. The quantitative estimate of drug-likeness (QED) is 0.794. The van der Waals surface area contributed by atoms with Crippen LogP contribution in [0.1, 0.15) is 44.1 Å². The van der Waals surface area contributed by atoms with Crippen LogP contribution < -0.4 is 5.73 Å². The molecule has 0 aromatic heterocycles. The lowest BCUT2D eigenvalue weighted by molar-refractivity contribution is -0.137. The third-order valence-electron chi connectivity index (χ3n) is 2.96. The van der Waals surface area contributed by atoms with E-state index >= 15 is 0 Å². The molecule has 106 valence electrons. The largest absolute Gasteiger partial charge is 0.399 e. The topological polar surface area (TPSA) is 43.1 Å². The summed E-state index contributed by atoms with van der Waals surface area (Å²) in [5.74, 6) is -0.132. The normalized spacial score (nSPS) is 13.3. The molecule has 0 bridgehead atoms. The summed E-state index contributed by atoms with van der Waals surface area (Å²) in [5, 5.41) is 0. The van der Waals surface area contributed by atoms with Gasteiger partial charge in [0.25, 0.3) is 0 Å². The van der Waals surface area contributed by atoms with Crippen molar-refractivity contribution in [1.29, 1.82) is 0 Å². The van der Waals surface area contributed by atoms with Crippen molar-refractivity contribution in [2.24, 2.45) is 0 Å². The van der Waals surface area contributed by atoms with Gasteiger partial charge in [0.2, 0.25) is 0 Å². The van der Waals surface area contributed by atoms with Crippen LogP contribution in [0.15, 0.2) is 24.3 Å². The summed E-state index contributed by atoms with van der Waals surface area (Å²) in [6.45, 7) is 1.88. The highest BCUT2D eigenvalue weighted by atomic mass is 19.4. The molecule has 0 aliphatic rings. The first-order valence-electron chi connectivity index (χ1n) is 6.22. The Kier molecular flexibility index (Phi) is 5.39. The van der Waals surface area contributed by atoms with Gasteiger partial charge in [-0.1, -0.05) is 19.1 Å². The summed E-state index contributed by atoms with van der Waals surface area (Å²) in [6, 6.07) is 7.17. The predicted octanol–water partition coefficient (Wildman–Crippen LogP) is 4.06. The van der Waals surface area contributed by atoms with Gasteiger partial charge < -0.3 is 5.73 Å². The monoisotopic (exact) mass is 273 g/mol.